The smallest absolute Gasteiger partial charge is 0.247 e. The maximum absolute atomic E-state index is 12.2. The van der Waals surface area contributed by atoms with Crippen LogP contribution in [0.2, 0.25) is 0 Å². The normalized spacial score (nSPS) is 17.1. The third-order valence-electron chi connectivity index (χ3n) is 2.89. The van der Waals surface area contributed by atoms with Gasteiger partial charge in [-0.15, -0.1) is 0 Å². The molecule has 5 nitrogen and oxygen atoms in total. The van der Waals surface area contributed by atoms with Crippen molar-refractivity contribution in [3.63, 3.8) is 0 Å². The van der Waals surface area contributed by atoms with Gasteiger partial charge in [0.2, 0.25) is 5.91 Å². The number of nitrogens with zero attached hydrogens (tertiary/aromatic N) is 3. The van der Waals surface area contributed by atoms with Gasteiger partial charge in [0.25, 0.3) is 0 Å². The summed E-state index contributed by atoms with van der Waals surface area (Å²) in [6.07, 6.45) is 5.55. The molecule has 88 valence electrons. The predicted molar refractivity (Wildman–Crippen MR) is 58.8 cm³/mol. The zero-order valence-electron chi connectivity index (χ0n) is 9.41. The summed E-state index contributed by atoms with van der Waals surface area (Å²) in [4.78, 5) is 13.9. The lowest BCUT2D eigenvalue weighted by atomic mass is 10.3. The average Bonchev–Trinajstić information content (AvgIpc) is 2.98. The molecule has 1 fully saturated rings. The number of amides is 1. The van der Waals surface area contributed by atoms with E-state index in [0.717, 1.165) is 12.8 Å². The first-order valence-corrected chi connectivity index (χ1v) is 5.64. The molecule has 5 heteroatoms. The Balaban J connectivity index is 2.04. The lowest BCUT2D eigenvalue weighted by molar-refractivity contribution is -0.135. The van der Waals surface area contributed by atoms with Crippen molar-refractivity contribution < 1.29 is 9.90 Å². The van der Waals surface area contributed by atoms with Crippen molar-refractivity contribution in [1.82, 2.24) is 14.7 Å². The van der Waals surface area contributed by atoms with Gasteiger partial charge in [0.05, 0.1) is 6.61 Å². The molecule has 1 saturated carbocycles. The van der Waals surface area contributed by atoms with Gasteiger partial charge in [-0.25, -0.2) is 0 Å². The fraction of sp³-hybridized carbons (Fsp3) is 0.636. The highest BCUT2D eigenvalue weighted by Crippen LogP contribution is 2.28. The van der Waals surface area contributed by atoms with Gasteiger partial charge < -0.3 is 10.0 Å². The van der Waals surface area contributed by atoms with Crippen molar-refractivity contribution in [3.05, 3.63) is 18.5 Å². The predicted octanol–water partition coefficient (Wildman–Crippen LogP) is 0.427. The third-order valence-corrected chi connectivity index (χ3v) is 2.89. The Morgan fingerprint density at radius 3 is 2.94 bits per heavy atom. The van der Waals surface area contributed by atoms with E-state index in [0.29, 0.717) is 12.6 Å². The molecule has 1 unspecified atom stereocenters. The van der Waals surface area contributed by atoms with E-state index in [2.05, 4.69) is 5.10 Å². The van der Waals surface area contributed by atoms with Gasteiger partial charge in [0, 0.05) is 25.0 Å². The molecule has 0 bridgehead atoms. The molecule has 1 aromatic heterocycles. The van der Waals surface area contributed by atoms with Gasteiger partial charge in [0.15, 0.2) is 0 Å². The highest BCUT2D eigenvalue weighted by molar-refractivity contribution is 5.80. The summed E-state index contributed by atoms with van der Waals surface area (Å²) in [5.74, 6) is 0.0419. The van der Waals surface area contributed by atoms with Gasteiger partial charge in [-0.3, -0.25) is 9.48 Å². The van der Waals surface area contributed by atoms with Crippen molar-refractivity contribution in [2.24, 2.45) is 0 Å². The van der Waals surface area contributed by atoms with E-state index in [4.69, 9.17) is 5.11 Å². The topological polar surface area (TPSA) is 58.4 Å². The zero-order valence-corrected chi connectivity index (χ0v) is 9.41. The average molecular weight is 223 g/mol. The standard InChI is InChI=1S/C11H17N3O2/c1-9(14-6-2-5-12-14)11(16)13(7-8-15)10-3-4-10/h2,5-6,9-10,15H,3-4,7-8H2,1H3. The number of aliphatic hydroxyl groups excluding tert-OH is 1. The molecular formula is C11H17N3O2. The molecule has 0 spiro atoms. The molecule has 0 saturated heterocycles. The van der Waals surface area contributed by atoms with E-state index < -0.39 is 0 Å². The van der Waals surface area contributed by atoms with E-state index in [1.54, 1.807) is 28.0 Å². The molecule has 1 amide bonds. The van der Waals surface area contributed by atoms with Crippen LogP contribution in [0.4, 0.5) is 0 Å². The summed E-state index contributed by atoms with van der Waals surface area (Å²) in [6.45, 7) is 2.28. The number of aromatic nitrogens is 2. The summed E-state index contributed by atoms with van der Waals surface area (Å²) >= 11 is 0. The number of rotatable bonds is 5. The quantitative estimate of drug-likeness (QED) is 0.787. The highest BCUT2D eigenvalue weighted by Gasteiger charge is 2.34. The van der Waals surface area contributed by atoms with Gasteiger partial charge in [-0.05, 0) is 25.8 Å². The van der Waals surface area contributed by atoms with Gasteiger partial charge in [-0.1, -0.05) is 0 Å². The number of aliphatic hydroxyl groups is 1. The minimum atomic E-state index is -0.290. The molecule has 0 radical (unpaired) electrons. The van der Waals surface area contributed by atoms with Crippen LogP contribution in [0.3, 0.4) is 0 Å². The van der Waals surface area contributed by atoms with E-state index in [1.807, 2.05) is 6.92 Å². The van der Waals surface area contributed by atoms with Gasteiger partial charge >= 0.3 is 0 Å². The number of hydrogen-bond acceptors (Lipinski definition) is 3. The molecule has 1 aromatic rings. The first-order valence-electron chi connectivity index (χ1n) is 5.64. The van der Waals surface area contributed by atoms with Crippen molar-refractivity contribution in [3.8, 4) is 0 Å². The minimum Gasteiger partial charge on any atom is -0.395 e. The van der Waals surface area contributed by atoms with E-state index in [1.165, 1.54) is 0 Å². The van der Waals surface area contributed by atoms with Crippen molar-refractivity contribution in [2.75, 3.05) is 13.2 Å². The molecule has 0 aliphatic heterocycles. The molecule has 1 N–H and O–H groups in total. The van der Waals surface area contributed by atoms with Crippen LogP contribution in [0.25, 0.3) is 0 Å². The van der Waals surface area contributed by atoms with Gasteiger partial charge in [0.1, 0.15) is 6.04 Å². The second kappa shape index (κ2) is 4.65. The Kier molecular flexibility index (Phi) is 3.24. The second-order valence-corrected chi connectivity index (χ2v) is 4.15. The minimum absolute atomic E-state index is 0.0219. The summed E-state index contributed by atoms with van der Waals surface area (Å²) in [6, 6.07) is 1.84. The summed E-state index contributed by atoms with van der Waals surface area (Å²) in [5, 5.41) is 13.0. The lowest BCUT2D eigenvalue weighted by Gasteiger charge is -2.25. The van der Waals surface area contributed by atoms with Crippen LogP contribution in [0.5, 0.6) is 0 Å². The van der Waals surface area contributed by atoms with Crippen LogP contribution in [-0.4, -0.2) is 44.9 Å². The van der Waals surface area contributed by atoms with Gasteiger partial charge in [-0.2, -0.15) is 5.10 Å². The highest BCUT2D eigenvalue weighted by atomic mass is 16.3. The molecule has 1 atom stereocenters. The largest absolute Gasteiger partial charge is 0.395 e. The Bertz CT molecular complexity index is 346. The van der Waals surface area contributed by atoms with Crippen molar-refractivity contribution >= 4 is 5.91 Å². The molecule has 0 aromatic carbocycles. The fourth-order valence-corrected chi connectivity index (χ4v) is 1.83. The summed E-state index contributed by atoms with van der Waals surface area (Å²) in [5.41, 5.74) is 0. The van der Waals surface area contributed by atoms with Crippen LogP contribution in [-0.2, 0) is 4.79 Å². The first kappa shape index (κ1) is 11.1. The maximum Gasteiger partial charge on any atom is 0.247 e. The molecular weight excluding hydrogens is 206 g/mol. The zero-order chi connectivity index (χ0) is 11.5. The van der Waals surface area contributed by atoms with Crippen molar-refractivity contribution in [2.45, 2.75) is 31.8 Å². The SMILES string of the molecule is CC(C(=O)N(CCO)C1CC1)n1cccn1. The number of carbonyl (C=O) groups excluding carboxylic acids is 1. The molecule has 2 rings (SSSR count). The Morgan fingerprint density at radius 1 is 1.69 bits per heavy atom. The fourth-order valence-electron chi connectivity index (χ4n) is 1.83. The first-order chi connectivity index (χ1) is 7.74. The third kappa shape index (κ3) is 2.24. The number of hydrogen-bond donors (Lipinski definition) is 1. The molecule has 16 heavy (non-hydrogen) atoms. The second-order valence-electron chi connectivity index (χ2n) is 4.15. The maximum atomic E-state index is 12.2. The van der Waals surface area contributed by atoms with Crippen LogP contribution in [0.1, 0.15) is 25.8 Å². The molecule has 1 aliphatic rings. The Labute approximate surface area is 94.7 Å². The van der Waals surface area contributed by atoms with E-state index in [-0.39, 0.29) is 18.6 Å². The van der Waals surface area contributed by atoms with Crippen molar-refractivity contribution in [1.29, 1.82) is 0 Å². The van der Waals surface area contributed by atoms with E-state index in [9.17, 15) is 4.79 Å². The van der Waals surface area contributed by atoms with Crippen LogP contribution >= 0.6 is 0 Å². The molecule has 1 heterocycles. The number of carbonyl (C=O) groups is 1. The van der Waals surface area contributed by atoms with Crippen LogP contribution in [0.15, 0.2) is 18.5 Å². The molecule has 1 aliphatic carbocycles. The Hall–Kier alpha value is -1.36. The van der Waals surface area contributed by atoms with E-state index >= 15 is 0 Å². The summed E-state index contributed by atoms with van der Waals surface area (Å²) in [7, 11) is 0. The van der Waals surface area contributed by atoms with Crippen LogP contribution < -0.4 is 0 Å². The van der Waals surface area contributed by atoms with Crippen LogP contribution in [0, 0.1) is 0 Å². The lowest BCUT2D eigenvalue weighted by Crippen LogP contribution is -2.39. The monoisotopic (exact) mass is 223 g/mol. The summed E-state index contributed by atoms with van der Waals surface area (Å²) < 4.78 is 1.65. The Morgan fingerprint density at radius 2 is 2.44 bits per heavy atom.